The van der Waals surface area contributed by atoms with Crippen LogP contribution in [-0.2, 0) is 9.53 Å². The van der Waals surface area contributed by atoms with Gasteiger partial charge in [0.1, 0.15) is 23.2 Å². The van der Waals surface area contributed by atoms with Crippen molar-refractivity contribution in [1.82, 2.24) is 10.2 Å². The molecule has 0 aliphatic carbocycles. The van der Waals surface area contributed by atoms with E-state index in [2.05, 4.69) is 10.4 Å². The Morgan fingerprint density at radius 2 is 1.73 bits per heavy atom. The van der Waals surface area contributed by atoms with Gasteiger partial charge in [0.15, 0.2) is 16.6 Å². The Bertz CT molecular complexity index is 1680. The van der Waals surface area contributed by atoms with Crippen LogP contribution in [0.25, 0.3) is 0 Å². The summed E-state index contributed by atoms with van der Waals surface area (Å²) < 4.78 is 70.0. The summed E-state index contributed by atoms with van der Waals surface area (Å²) in [6, 6.07) is 8.26. The molecule has 2 amide bonds. The fourth-order valence-electron chi connectivity index (χ4n) is 6.05. The van der Waals surface area contributed by atoms with E-state index < -0.39 is 57.7 Å². The normalized spacial score (nSPS) is 23.7. The Balaban J connectivity index is 1.67. The van der Waals surface area contributed by atoms with E-state index in [1.165, 1.54) is 24.0 Å². The van der Waals surface area contributed by atoms with Gasteiger partial charge in [0.2, 0.25) is 5.91 Å². The van der Waals surface area contributed by atoms with Crippen LogP contribution in [0.1, 0.15) is 44.9 Å². The van der Waals surface area contributed by atoms with Crippen molar-refractivity contribution in [1.29, 1.82) is 0 Å². The highest BCUT2D eigenvalue weighted by Gasteiger charge is 2.58. The first-order chi connectivity index (χ1) is 21.1. The number of hydrogen-bond donors (Lipinski definition) is 2. The maximum absolute atomic E-state index is 15.4. The van der Waals surface area contributed by atoms with Crippen LogP contribution < -0.4 is 10.3 Å². The summed E-state index contributed by atoms with van der Waals surface area (Å²) in [5.41, 5.74) is -4.60. The largest absolute Gasteiger partial charge is 0.465 e. The van der Waals surface area contributed by atoms with Crippen molar-refractivity contribution in [3.05, 3.63) is 88.3 Å². The second-order valence-corrected chi connectivity index (χ2v) is 12.6. The quantitative estimate of drug-likeness (QED) is 0.309. The van der Waals surface area contributed by atoms with Gasteiger partial charge in [0.25, 0.3) is 0 Å². The number of hydrazone groups is 1. The molecule has 3 heterocycles. The predicted molar refractivity (Wildman–Crippen MR) is 157 cm³/mol. The number of anilines is 1. The van der Waals surface area contributed by atoms with Crippen LogP contribution in [0, 0.1) is 28.7 Å². The summed E-state index contributed by atoms with van der Waals surface area (Å²) >= 11 is 6.11. The van der Waals surface area contributed by atoms with Crippen molar-refractivity contribution < 1.29 is 41.4 Å². The number of hydrogen-bond acceptors (Lipinski definition) is 6. The van der Waals surface area contributed by atoms with E-state index in [1.54, 1.807) is 0 Å². The van der Waals surface area contributed by atoms with Gasteiger partial charge in [-0.05, 0) is 60.3 Å². The average molecular weight is 651 g/mol. The lowest BCUT2D eigenvalue weighted by molar-refractivity contribution is -0.131. The molecule has 3 atom stereocenters. The number of halogens is 5. The summed E-state index contributed by atoms with van der Waals surface area (Å²) in [5.74, 6) is -5.85. The molecule has 2 N–H and O–H groups in total. The number of nitrogens with one attached hydrogen (secondary N) is 1. The molecular formula is C31H31ClF4N4O5. The Kier molecular flexibility index (Phi) is 8.38. The number of rotatable bonds is 6. The highest BCUT2D eigenvalue weighted by Crippen LogP contribution is 2.47. The van der Waals surface area contributed by atoms with Crippen molar-refractivity contribution in [3.63, 3.8) is 0 Å². The number of morpholine rings is 1. The van der Waals surface area contributed by atoms with Gasteiger partial charge in [-0.15, -0.1) is 0 Å². The van der Waals surface area contributed by atoms with Gasteiger partial charge in [0, 0.05) is 30.8 Å². The zero-order chi connectivity index (χ0) is 32.9. The van der Waals surface area contributed by atoms with E-state index in [-0.39, 0.29) is 54.2 Å². The van der Waals surface area contributed by atoms with Crippen LogP contribution >= 0.6 is 11.6 Å². The number of carbonyl (C=O) groups is 2. The van der Waals surface area contributed by atoms with E-state index in [0.29, 0.717) is 12.1 Å². The fourth-order valence-corrected chi connectivity index (χ4v) is 6.20. The Labute approximate surface area is 261 Å². The molecule has 1 fully saturated rings. The van der Waals surface area contributed by atoms with Crippen LogP contribution in [0.2, 0.25) is 5.22 Å². The van der Waals surface area contributed by atoms with Crippen molar-refractivity contribution >= 4 is 35.0 Å². The summed E-state index contributed by atoms with van der Waals surface area (Å²) in [5, 5.41) is 18.3. The molecule has 0 bridgehead atoms. The molecule has 0 spiro atoms. The van der Waals surface area contributed by atoms with Gasteiger partial charge in [-0.1, -0.05) is 20.8 Å². The minimum Gasteiger partial charge on any atom is -0.465 e. The molecule has 2 aliphatic heterocycles. The van der Waals surface area contributed by atoms with Crippen LogP contribution in [0.5, 0.6) is 0 Å². The number of carboxylic acid groups (broad SMARTS) is 1. The van der Waals surface area contributed by atoms with Crippen LogP contribution in [0.3, 0.4) is 0 Å². The number of benzene rings is 2. The second-order valence-electron chi connectivity index (χ2n) is 12.2. The molecule has 14 heteroatoms. The molecule has 3 unspecified atom stereocenters. The SMILES string of the molecule is CC1(C(=O)NCC2(C(C)(C)C)COCCN2C(=O)O)C(c2ccc(Cl)o2)C(c2ccc(F)cc2F)=NN1c1ccc(F)cc1F. The van der Waals surface area contributed by atoms with E-state index in [0.717, 1.165) is 29.3 Å². The molecule has 240 valence electrons. The summed E-state index contributed by atoms with van der Waals surface area (Å²) in [4.78, 5) is 28.1. The first-order valence-electron chi connectivity index (χ1n) is 14.0. The average Bonchev–Trinajstić information content (AvgIpc) is 3.51. The second kappa shape index (κ2) is 11.7. The molecule has 45 heavy (non-hydrogen) atoms. The highest BCUT2D eigenvalue weighted by atomic mass is 35.5. The molecule has 5 rings (SSSR count). The van der Waals surface area contributed by atoms with E-state index >= 15 is 8.78 Å². The van der Waals surface area contributed by atoms with Crippen molar-refractivity contribution in [3.8, 4) is 0 Å². The van der Waals surface area contributed by atoms with Gasteiger partial charge in [-0.2, -0.15) is 5.10 Å². The van der Waals surface area contributed by atoms with Gasteiger partial charge in [-0.25, -0.2) is 27.4 Å². The highest BCUT2D eigenvalue weighted by molar-refractivity contribution is 6.28. The predicted octanol–water partition coefficient (Wildman–Crippen LogP) is 6.17. The standard InChI is InChI=1S/C31H31ClF4N4O5/c1-29(2,3)31(16-44-12-11-39(31)28(42)43)15-37-27(41)30(4)25(23-9-10-24(32)45-23)26(19-7-5-17(33)13-20(19)35)38-40(30)22-8-6-18(34)14-21(22)36/h5-10,13-14,25H,11-12,15-16H2,1-4H3,(H,37,41)(H,42,43). The smallest absolute Gasteiger partial charge is 0.408 e. The lowest BCUT2D eigenvalue weighted by Gasteiger charge is -2.53. The van der Waals surface area contributed by atoms with Gasteiger partial charge in [0.05, 0.1) is 36.1 Å². The summed E-state index contributed by atoms with van der Waals surface area (Å²) in [6.07, 6.45) is -1.20. The molecule has 0 saturated carbocycles. The molecule has 2 aliphatic rings. The minimum atomic E-state index is -1.96. The first-order valence-corrected chi connectivity index (χ1v) is 14.4. The third-order valence-corrected chi connectivity index (χ3v) is 8.85. The van der Waals surface area contributed by atoms with E-state index in [4.69, 9.17) is 20.8 Å². The number of nitrogens with zero attached hydrogens (tertiary/aromatic N) is 3. The zero-order valence-corrected chi connectivity index (χ0v) is 25.6. The molecule has 2 aromatic carbocycles. The summed E-state index contributed by atoms with van der Waals surface area (Å²) in [6.45, 7) is 6.79. The van der Waals surface area contributed by atoms with E-state index in [9.17, 15) is 23.5 Å². The number of amides is 2. The lowest BCUT2D eigenvalue weighted by atomic mass is 9.71. The maximum Gasteiger partial charge on any atom is 0.408 e. The van der Waals surface area contributed by atoms with Crippen molar-refractivity contribution in [2.45, 2.75) is 44.7 Å². The molecule has 1 saturated heterocycles. The Morgan fingerprint density at radius 1 is 1.07 bits per heavy atom. The molecule has 3 aromatic rings. The lowest BCUT2D eigenvalue weighted by Crippen LogP contribution is -2.70. The topological polar surface area (TPSA) is 108 Å². The van der Waals surface area contributed by atoms with Crippen LogP contribution in [-0.4, -0.2) is 65.1 Å². The fraction of sp³-hybridized carbons (Fsp3) is 0.387. The van der Waals surface area contributed by atoms with E-state index in [1.807, 2.05) is 20.8 Å². The number of carbonyl (C=O) groups excluding carboxylic acids is 1. The number of ether oxygens (including phenoxy) is 1. The third-order valence-electron chi connectivity index (χ3n) is 8.65. The first kappa shape index (κ1) is 32.3. The maximum atomic E-state index is 15.4. The third kappa shape index (κ3) is 5.52. The molecule has 1 aromatic heterocycles. The van der Waals surface area contributed by atoms with Crippen molar-refractivity contribution in [2.24, 2.45) is 10.5 Å². The van der Waals surface area contributed by atoms with Crippen molar-refractivity contribution in [2.75, 3.05) is 31.3 Å². The molecular weight excluding hydrogens is 620 g/mol. The van der Waals surface area contributed by atoms with Gasteiger partial charge < -0.3 is 19.6 Å². The van der Waals surface area contributed by atoms with Crippen LogP contribution in [0.4, 0.5) is 28.0 Å². The Hall–Kier alpha value is -4.10. The zero-order valence-electron chi connectivity index (χ0n) is 24.8. The van der Waals surface area contributed by atoms with Gasteiger partial charge >= 0.3 is 6.09 Å². The molecule has 0 radical (unpaired) electrons. The van der Waals surface area contributed by atoms with Gasteiger partial charge in [-0.3, -0.25) is 9.69 Å². The monoisotopic (exact) mass is 650 g/mol. The minimum absolute atomic E-state index is 0.0319. The summed E-state index contributed by atoms with van der Waals surface area (Å²) in [7, 11) is 0. The number of furan rings is 1. The Morgan fingerprint density at radius 3 is 2.31 bits per heavy atom. The molecule has 9 nitrogen and oxygen atoms in total. The van der Waals surface area contributed by atoms with Crippen LogP contribution in [0.15, 0.2) is 58.0 Å².